The molecule has 3 aromatic rings. The summed E-state index contributed by atoms with van der Waals surface area (Å²) in [5.74, 6) is 0.432. The van der Waals surface area contributed by atoms with Gasteiger partial charge in [0.15, 0.2) is 0 Å². The molecule has 3 rings (SSSR count). The first kappa shape index (κ1) is 20.1. The van der Waals surface area contributed by atoms with Crippen molar-refractivity contribution in [1.29, 1.82) is 0 Å². The third-order valence-electron chi connectivity index (χ3n) is 3.88. The van der Waals surface area contributed by atoms with Crippen LogP contribution in [0, 0.1) is 0 Å². The van der Waals surface area contributed by atoms with Crippen LogP contribution in [0.25, 0.3) is 11.5 Å². The SMILES string of the molecule is CCCCNc1oc(-c2ccc(Br)cc2)nc1S(=O)(=O)c1ccc(Br)cc1. The van der Waals surface area contributed by atoms with Crippen LogP contribution in [0.5, 0.6) is 0 Å². The second kappa shape index (κ2) is 8.58. The van der Waals surface area contributed by atoms with Crippen molar-refractivity contribution in [3.05, 3.63) is 57.5 Å². The molecule has 0 saturated heterocycles. The Morgan fingerprint density at radius 3 is 2.19 bits per heavy atom. The maximum absolute atomic E-state index is 13.1. The third kappa shape index (κ3) is 4.62. The van der Waals surface area contributed by atoms with E-state index in [9.17, 15) is 8.42 Å². The van der Waals surface area contributed by atoms with Gasteiger partial charge in [-0.25, -0.2) is 8.42 Å². The van der Waals surface area contributed by atoms with Crippen LogP contribution in [0.4, 0.5) is 5.88 Å². The average Bonchev–Trinajstić information content (AvgIpc) is 3.08. The highest BCUT2D eigenvalue weighted by molar-refractivity contribution is 9.10. The molecule has 0 saturated carbocycles. The molecule has 0 atom stereocenters. The first-order valence-corrected chi connectivity index (χ1v) is 11.5. The van der Waals surface area contributed by atoms with Gasteiger partial charge in [-0.3, -0.25) is 0 Å². The lowest BCUT2D eigenvalue weighted by Gasteiger charge is -2.05. The summed E-state index contributed by atoms with van der Waals surface area (Å²) in [4.78, 5) is 4.48. The van der Waals surface area contributed by atoms with E-state index >= 15 is 0 Å². The van der Waals surface area contributed by atoms with Crippen LogP contribution in [-0.4, -0.2) is 19.9 Å². The maximum atomic E-state index is 13.1. The monoisotopic (exact) mass is 512 g/mol. The third-order valence-corrected chi connectivity index (χ3v) is 6.62. The molecule has 1 N–H and O–H groups in total. The molecule has 27 heavy (non-hydrogen) atoms. The molecule has 0 aliphatic carbocycles. The van der Waals surface area contributed by atoms with Gasteiger partial charge in [0.25, 0.3) is 0 Å². The summed E-state index contributed by atoms with van der Waals surface area (Å²) in [5.41, 5.74) is 0.703. The number of nitrogens with zero attached hydrogens (tertiary/aromatic N) is 1. The largest absolute Gasteiger partial charge is 0.419 e. The summed E-state index contributed by atoms with van der Waals surface area (Å²) >= 11 is 6.71. The highest BCUT2D eigenvalue weighted by atomic mass is 79.9. The Bertz CT molecular complexity index is 1010. The Balaban J connectivity index is 2.06. The Hall–Kier alpha value is -1.64. The number of sulfone groups is 1. The number of hydrogen-bond acceptors (Lipinski definition) is 5. The van der Waals surface area contributed by atoms with Crippen LogP contribution in [0.2, 0.25) is 0 Å². The summed E-state index contributed by atoms with van der Waals surface area (Å²) in [6.07, 6.45) is 1.88. The summed E-state index contributed by atoms with van der Waals surface area (Å²) < 4.78 is 33.7. The lowest BCUT2D eigenvalue weighted by Crippen LogP contribution is -2.08. The number of oxazole rings is 1. The average molecular weight is 514 g/mol. The minimum absolute atomic E-state index is 0.0983. The minimum Gasteiger partial charge on any atom is -0.419 e. The van der Waals surface area contributed by atoms with Crippen molar-refractivity contribution in [2.24, 2.45) is 0 Å². The molecule has 0 aliphatic heterocycles. The number of aromatic nitrogens is 1. The first-order valence-electron chi connectivity index (χ1n) is 8.43. The second-order valence-electron chi connectivity index (χ2n) is 5.90. The van der Waals surface area contributed by atoms with Crippen LogP contribution in [0.15, 0.2) is 71.8 Å². The second-order valence-corrected chi connectivity index (χ2v) is 9.59. The van der Waals surface area contributed by atoms with Gasteiger partial charge in [-0.1, -0.05) is 45.2 Å². The lowest BCUT2D eigenvalue weighted by atomic mass is 10.2. The van der Waals surface area contributed by atoms with Crippen LogP contribution in [0.3, 0.4) is 0 Å². The highest BCUT2D eigenvalue weighted by Gasteiger charge is 2.28. The van der Waals surface area contributed by atoms with E-state index in [2.05, 4.69) is 49.1 Å². The van der Waals surface area contributed by atoms with Gasteiger partial charge in [-0.15, -0.1) is 0 Å². The van der Waals surface area contributed by atoms with Crippen LogP contribution in [-0.2, 0) is 9.84 Å². The van der Waals surface area contributed by atoms with Gasteiger partial charge in [-0.05, 0) is 55.0 Å². The summed E-state index contributed by atoms with van der Waals surface area (Å²) in [6, 6.07) is 13.8. The molecule has 0 fully saturated rings. The minimum atomic E-state index is -3.82. The highest BCUT2D eigenvalue weighted by Crippen LogP contribution is 2.33. The molecule has 0 unspecified atom stereocenters. The van der Waals surface area contributed by atoms with Crippen molar-refractivity contribution in [2.75, 3.05) is 11.9 Å². The van der Waals surface area contributed by atoms with Gasteiger partial charge in [-0.2, -0.15) is 4.98 Å². The van der Waals surface area contributed by atoms with E-state index in [0.29, 0.717) is 12.1 Å². The smallest absolute Gasteiger partial charge is 0.233 e. The van der Waals surface area contributed by atoms with E-state index in [4.69, 9.17) is 4.42 Å². The summed E-state index contributed by atoms with van der Waals surface area (Å²) in [5, 5.41) is 2.98. The van der Waals surface area contributed by atoms with Gasteiger partial charge in [0, 0.05) is 21.1 Å². The molecule has 1 aromatic heterocycles. The van der Waals surface area contributed by atoms with Crippen LogP contribution >= 0.6 is 31.9 Å². The summed E-state index contributed by atoms with van der Waals surface area (Å²) in [6.45, 7) is 2.67. The Kier molecular flexibility index (Phi) is 6.39. The van der Waals surface area contributed by atoms with E-state index in [1.165, 1.54) is 0 Å². The zero-order valence-electron chi connectivity index (χ0n) is 14.6. The first-order chi connectivity index (χ1) is 12.9. The van der Waals surface area contributed by atoms with Crippen molar-refractivity contribution >= 4 is 47.6 Å². The molecule has 8 heteroatoms. The van der Waals surface area contributed by atoms with Gasteiger partial charge < -0.3 is 9.73 Å². The summed E-state index contributed by atoms with van der Waals surface area (Å²) in [7, 11) is -3.82. The van der Waals surface area contributed by atoms with E-state index < -0.39 is 9.84 Å². The fourth-order valence-electron chi connectivity index (χ4n) is 2.42. The van der Waals surface area contributed by atoms with E-state index in [0.717, 1.165) is 21.8 Å². The van der Waals surface area contributed by atoms with Crippen molar-refractivity contribution in [2.45, 2.75) is 29.7 Å². The fraction of sp³-hybridized carbons (Fsp3) is 0.211. The molecule has 1 heterocycles. The number of halogens is 2. The number of nitrogens with one attached hydrogen (secondary N) is 1. The Morgan fingerprint density at radius 1 is 1.00 bits per heavy atom. The molecular formula is C19H18Br2N2O3S. The molecule has 0 spiro atoms. The molecular weight excluding hydrogens is 496 g/mol. The van der Waals surface area contributed by atoms with Crippen molar-refractivity contribution < 1.29 is 12.8 Å². The van der Waals surface area contributed by atoms with Gasteiger partial charge in [0.05, 0.1) is 4.90 Å². The Labute approximate surface area is 175 Å². The molecule has 0 aliphatic rings. The molecule has 0 amide bonds. The maximum Gasteiger partial charge on any atom is 0.233 e. The predicted octanol–water partition coefficient (Wildman–Crippen LogP) is 5.91. The van der Waals surface area contributed by atoms with E-state index in [-0.39, 0.29) is 21.7 Å². The Morgan fingerprint density at radius 2 is 1.59 bits per heavy atom. The fourth-order valence-corrected chi connectivity index (χ4v) is 4.23. The van der Waals surface area contributed by atoms with Gasteiger partial charge in [0.1, 0.15) is 0 Å². The predicted molar refractivity (Wildman–Crippen MR) is 113 cm³/mol. The van der Waals surface area contributed by atoms with Crippen molar-refractivity contribution in [1.82, 2.24) is 4.98 Å². The quantitative estimate of drug-likeness (QED) is 0.397. The number of anilines is 1. The molecule has 2 aromatic carbocycles. The number of rotatable bonds is 7. The zero-order chi connectivity index (χ0) is 19.4. The molecule has 0 bridgehead atoms. The number of hydrogen-bond donors (Lipinski definition) is 1. The number of benzene rings is 2. The standard InChI is InChI=1S/C19H18Br2N2O3S/c1-2-3-12-22-18-19(27(24,25)16-10-8-15(21)9-11-16)23-17(26-18)13-4-6-14(20)7-5-13/h4-11,22H,2-3,12H2,1H3. The van der Waals surface area contributed by atoms with E-state index in [1.807, 2.05) is 24.3 Å². The lowest BCUT2D eigenvalue weighted by molar-refractivity contribution is 0.575. The normalized spacial score (nSPS) is 11.5. The van der Waals surface area contributed by atoms with Crippen molar-refractivity contribution in [3.8, 4) is 11.5 Å². The molecule has 0 radical (unpaired) electrons. The zero-order valence-corrected chi connectivity index (χ0v) is 18.6. The molecule has 142 valence electrons. The van der Waals surface area contributed by atoms with Gasteiger partial charge in [0.2, 0.25) is 26.6 Å². The van der Waals surface area contributed by atoms with Gasteiger partial charge >= 0.3 is 0 Å². The van der Waals surface area contributed by atoms with Crippen molar-refractivity contribution in [3.63, 3.8) is 0 Å². The topological polar surface area (TPSA) is 72.2 Å². The van der Waals surface area contributed by atoms with E-state index in [1.54, 1.807) is 24.3 Å². The molecule has 5 nitrogen and oxygen atoms in total. The van der Waals surface area contributed by atoms with Crippen LogP contribution in [0.1, 0.15) is 19.8 Å². The van der Waals surface area contributed by atoms with Crippen LogP contribution < -0.4 is 5.32 Å². The number of unbranched alkanes of at least 4 members (excludes halogenated alkanes) is 1.